The van der Waals surface area contributed by atoms with Crippen molar-refractivity contribution in [3.63, 3.8) is 0 Å². The van der Waals surface area contributed by atoms with Gasteiger partial charge in [0.05, 0.1) is 13.2 Å². The van der Waals surface area contributed by atoms with Gasteiger partial charge in [0, 0.05) is 31.7 Å². The van der Waals surface area contributed by atoms with Crippen molar-refractivity contribution in [1.29, 1.82) is 0 Å². The number of aliphatic hydroxyl groups is 1. The molecule has 3 N–H and O–H groups in total. The third-order valence-electron chi connectivity index (χ3n) is 3.61. The number of nitrogens with zero attached hydrogens (tertiary/aromatic N) is 1. The lowest BCUT2D eigenvalue weighted by Crippen LogP contribution is -2.38. The summed E-state index contributed by atoms with van der Waals surface area (Å²) in [6.07, 6.45) is 5.50. The average molecular weight is 413 g/mol. The van der Waals surface area contributed by atoms with Crippen molar-refractivity contribution in [3.05, 3.63) is 0 Å². The number of guanidine groups is 1. The normalized spacial score (nSPS) is 16.2. The van der Waals surface area contributed by atoms with E-state index in [1.165, 1.54) is 6.42 Å². The van der Waals surface area contributed by atoms with Crippen molar-refractivity contribution in [1.82, 2.24) is 10.6 Å². The molecule has 5 nitrogen and oxygen atoms in total. The first-order valence-electron chi connectivity index (χ1n) is 7.97. The van der Waals surface area contributed by atoms with E-state index in [9.17, 15) is 5.11 Å². The number of rotatable bonds is 11. The molecule has 1 fully saturated rings. The molecule has 21 heavy (non-hydrogen) atoms. The molecule has 1 aliphatic rings. The van der Waals surface area contributed by atoms with Gasteiger partial charge in [0.2, 0.25) is 0 Å². The Kier molecular flexibility index (Phi) is 12.4. The second kappa shape index (κ2) is 12.5. The van der Waals surface area contributed by atoms with Crippen molar-refractivity contribution < 1.29 is 9.84 Å². The van der Waals surface area contributed by atoms with Gasteiger partial charge in [0.25, 0.3) is 0 Å². The van der Waals surface area contributed by atoms with Crippen LogP contribution in [0, 0.1) is 5.41 Å². The van der Waals surface area contributed by atoms with Crippen LogP contribution < -0.4 is 10.6 Å². The van der Waals surface area contributed by atoms with Crippen LogP contribution in [0.25, 0.3) is 0 Å². The van der Waals surface area contributed by atoms with Crippen molar-refractivity contribution in [2.24, 2.45) is 10.4 Å². The van der Waals surface area contributed by atoms with Crippen LogP contribution in [0.3, 0.4) is 0 Å². The Morgan fingerprint density at radius 1 is 1.19 bits per heavy atom. The van der Waals surface area contributed by atoms with Gasteiger partial charge in [0.15, 0.2) is 5.96 Å². The third-order valence-corrected chi connectivity index (χ3v) is 3.61. The van der Waals surface area contributed by atoms with Crippen LogP contribution in [0.2, 0.25) is 0 Å². The van der Waals surface area contributed by atoms with Crippen LogP contribution in [0.15, 0.2) is 4.99 Å². The first-order valence-corrected chi connectivity index (χ1v) is 7.97. The van der Waals surface area contributed by atoms with Gasteiger partial charge in [-0.05, 0) is 32.6 Å². The maximum absolute atomic E-state index is 9.29. The first kappa shape index (κ1) is 20.9. The number of ether oxygens (including phenoxy) is 1. The van der Waals surface area contributed by atoms with Crippen LogP contribution in [0.4, 0.5) is 0 Å². The van der Waals surface area contributed by atoms with E-state index in [4.69, 9.17) is 4.74 Å². The van der Waals surface area contributed by atoms with Crippen LogP contribution in [-0.4, -0.2) is 50.5 Å². The standard InChI is InChI=1S/C15H31N3O2.HI/c1-3-5-10-20-11-6-9-17-14(16-4-2)18-12-15(13-19)7-8-15;/h19H,3-13H2,1-2H3,(H2,16,17,18);1H. The number of aliphatic hydroxyl groups excluding tert-OH is 1. The SMILES string of the molecule is CCCCOCCCNC(=NCC1(CO)CC1)NCC.I. The number of hydrogen-bond acceptors (Lipinski definition) is 3. The summed E-state index contributed by atoms with van der Waals surface area (Å²) in [6, 6.07) is 0. The fourth-order valence-electron chi connectivity index (χ4n) is 1.86. The Morgan fingerprint density at radius 3 is 2.48 bits per heavy atom. The molecule has 6 heteroatoms. The highest BCUT2D eigenvalue weighted by molar-refractivity contribution is 14.0. The van der Waals surface area contributed by atoms with Gasteiger partial charge in [-0.1, -0.05) is 13.3 Å². The zero-order chi connectivity index (χ0) is 14.7. The van der Waals surface area contributed by atoms with Crippen molar-refractivity contribution in [3.8, 4) is 0 Å². The summed E-state index contributed by atoms with van der Waals surface area (Å²) >= 11 is 0. The summed E-state index contributed by atoms with van der Waals surface area (Å²) in [7, 11) is 0. The lowest BCUT2D eigenvalue weighted by Gasteiger charge is -2.13. The monoisotopic (exact) mass is 413 g/mol. The Labute approximate surface area is 146 Å². The third kappa shape index (κ3) is 9.52. The van der Waals surface area contributed by atoms with E-state index in [0.717, 1.165) is 57.9 Å². The van der Waals surface area contributed by atoms with Gasteiger partial charge in [0.1, 0.15) is 0 Å². The average Bonchev–Trinajstić information content (AvgIpc) is 3.24. The molecule has 0 amide bonds. The number of unbranched alkanes of at least 4 members (excludes halogenated alkanes) is 1. The van der Waals surface area contributed by atoms with E-state index in [1.54, 1.807) is 0 Å². The highest BCUT2D eigenvalue weighted by atomic mass is 127. The van der Waals surface area contributed by atoms with E-state index in [-0.39, 0.29) is 36.0 Å². The van der Waals surface area contributed by atoms with Gasteiger partial charge in [-0.15, -0.1) is 24.0 Å². The minimum absolute atomic E-state index is 0. The summed E-state index contributed by atoms with van der Waals surface area (Å²) in [5, 5.41) is 15.8. The highest BCUT2D eigenvalue weighted by Gasteiger charge is 2.41. The number of nitrogens with one attached hydrogen (secondary N) is 2. The zero-order valence-corrected chi connectivity index (χ0v) is 15.8. The second-order valence-corrected chi connectivity index (χ2v) is 5.60. The summed E-state index contributed by atoms with van der Waals surface area (Å²) in [6.45, 7) is 8.58. The maximum atomic E-state index is 9.29. The van der Waals surface area contributed by atoms with E-state index >= 15 is 0 Å². The van der Waals surface area contributed by atoms with E-state index in [0.29, 0.717) is 6.54 Å². The molecule has 0 bridgehead atoms. The fourth-order valence-corrected chi connectivity index (χ4v) is 1.86. The van der Waals surface area contributed by atoms with Crippen LogP contribution >= 0.6 is 24.0 Å². The van der Waals surface area contributed by atoms with Crippen molar-refractivity contribution in [2.45, 2.75) is 46.0 Å². The predicted octanol–water partition coefficient (Wildman–Crippen LogP) is 2.14. The summed E-state index contributed by atoms with van der Waals surface area (Å²) < 4.78 is 5.52. The second-order valence-electron chi connectivity index (χ2n) is 5.60. The molecule has 1 saturated carbocycles. The minimum Gasteiger partial charge on any atom is -0.396 e. The smallest absolute Gasteiger partial charge is 0.191 e. The van der Waals surface area contributed by atoms with E-state index < -0.39 is 0 Å². The Bertz CT molecular complexity index is 284. The van der Waals surface area contributed by atoms with Crippen LogP contribution in [0.5, 0.6) is 0 Å². The molecular weight excluding hydrogens is 381 g/mol. The van der Waals surface area contributed by atoms with Crippen molar-refractivity contribution in [2.75, 3.05) is 39.5 Å². The fraction of sp³-hybridized carbons (Fsp3) is 0.933. The first-order chi connectivity index (χ1) is 9.76. The quantitative estimate of drug-likeness (QED) is 0.210. The van der Waals surface area contributed by atoms with Gasteiger partial charge < -0.3 is 20.5 Å². The van der Waals surface area contributed by atoms with E-state index in [1.807, 2.05) is 0 Å². The number of hydrogen-bond donors (Lipinski definition) is 3. The van der Waals surface area contributed by atoms with Gasteiger partial charge in [-0.2, -0.15) is 0 Å². The van der Waals surface area contributed by atoms with E-state index in [2.05, 4.69) is 29.5 Å². The minimum atomic E-state index is 0. The van der Waals surface area contributed by atoms with Crippen LogP contribution in [0.1, 0.15) is 46.0 Å². The maximum Gasteiger partial charge on any atom is 0.191 e. The largest absolute Gasteiger partial charge is 0.396 e. The molecule has 0 aromatic heterocycles. The molecule has 126 valence electrons. The van der Waals surface area contributed by atoms with Crippen LogP contribution in [-0.2, 0) is 4.74 Å². The molecular formula is C15H32IN3O2. The number of aliphatic imine (C=N–C) groups is 1. The molecule has 1 aliphatic carbocycles. The Hall–Kier alpha value is -0.0800. The molecule has 0 heterocycles. The van der Waals surface area contributed by atoms with Gasteiger partial charge >= 0.3 is 0 Å². The summed E-state index contributed by atoms with van der Waals surface area (Å²) in [5.41, 5.74) is 0.0750. The molecule has 0 radical (unpaired) electrons. The molecule has 0 spiro atoms. The van der Waals surface area contributed by atoms with Gasteiger partial charge in [-0.25, -0.2) is 0 Å². The predicted molar refractivity (Wildman–Crippen MR) is 98.5 cm³/mol. The van der Waals surface area contributed by atoms with Gasteiger partial charge in [-0.3, -0.25) is 4.99 Å². The lowest BCUT2D eigenvalue weighted by molar-refractivity contribution is 0.129. The summed E-state index contributed by atoms with van der Waals surface area (Å²) in [4.78, 5) is 4.56. The Balaban J connectivity index is 0.00000400. The van der Waals surface area contributed by atoms with Crippen molar-refractivity contribution >= 4 is 29.9 Å². The topological polar surface area (TPSA) is 65.9 Å². The molecule has 0 aliphatic heterocycles. The summed E-state index contributed by atoms with van der Waals surface area (Å²) in [5.74, 6) is 0.848. The molecule has 0 unspecified atom stereocenters. The highest BCUT2D eigenvalue weighted by Crippen LogP contribution is 2.45. The lowest BCUT2D eigenvalue weighted by atomic mass is 10.1. The molecule has 0 atom stereocenters. The molecule has 0 aromatic carbocycles. The zero-order valence-electron chi connectivity index (χ0n) is 13.5. The Morgan fingerprint density at radius 2 is 1.90 bits per heavy atom. The number of halogens is 1. The molecule has 0 saturated heterocycles. The molecule has 0 aromatic rings. The molecule has 1 rings (SSSR count).